The van der Waals surface area contributed by atoms with Gasteiger partial charge in [0, 0.05) is 25.6 Å². The second-order valence-corrected chi connectivity index (χ2v) is 9.44. The summed E-state index contributed by atoms with van der Waals surface area (Å²) < 4.78 is 10.6. The lowest BCUT2D eigenvalue weighted by atomic mass is 9.91. The number of rotatable bonds is 8. The van der Waals surface area contributed by atoms with Crippen LogP contribution in [0.1, 0.15) is 50.4 Å². The molecule has 0 spiro atoms. The highest BCUT2D eigenvalue weighted by Gasteiger charge is 2.22. The number of benzene rings is 1. The van der Waals surface area contributed by atoms with Crippen LogP contribution in [0.2, 0.25) is 5.02 Å². The number of nitrogen functional groups attached to an aromatic ring is 1. The molecular formula is C22H34ClN3O4. The largest absolute Gasteiger partial charge is 0.496 e. The lowest BCUT2D eigenvalue weighted by Gasteiger charge is -2.32. The van der Waals surface area contributed by atoms with Crippen LogP contribution in [0.3, 0.4) is 0 Å². The third-order valence-corrected chi connectivity index (χ3v) is 5.49. The number of nitrogens with one attached hydrogen (secondary N) is 1. The van der Waals surface area contributed by atoms with Crippen molar-refractivity contribution in [3.63, 3.8) is 0 Å². The molecule has 1 aromatic rings. The van der Waals surface area contributed by atoms with E-state index < -0.39 is 5.97 Å². The predicted molar refractivity (Wildman–Crippen MR) is 119 cm³/mol. The van der Waals surface area contributed by atoms with E-state index in [1.54, 1.807) is 0 Å². The van der Waals surface area contributed by atoms with Gasteiger partial charge in [0.1, 0.15) is 17.9 Å². The van der Waals surface area contributed by atoms with Crippen molar-refractivity contribution in [2.45, 2.75) is 40.0 Å². The van der Waals surface area contributed by atoms with Crippen LogP contribution in [0.4, 0.5) is 5.69 Å². The number of halogens is 1. The molecule has 2 rings (SSSR count). The molecule has 1 heterocycles. The van der Waals surface area contributed by atoms with Gasteiger partial charge in [-0.15, -0.1) is 0 Å². The molecule has 8 heteroatoms. The van der Waals surface area contributed by atoms with Crippen molar-refractivity contribution in [1.82, 2.24) is 10.2 Å². The van der Waals surface area contributed by atoms with Gasteiger partial charge in [-0.2, -0.15) is 0 Å². The van der Waals surface area contributed by atoms with E-state index >= 15 is 0 Å². The van der Waals surface area contributed by atoms with E-state index in [1.807, 2.05) is 0 Å². The minimum atomic E-state index is -0.481. The molecule has 3 N–H and O–H groups in total. The van der Waals surface area contributed by atoms with Crippen LogP contribution in [0.15, 0.2) is 12.1 Å². The minimum absolute atomic E-state index is 0.00654. The van der Waals surface area contributed by atoms with Gasteiger partial charge in [-0.3, -0.25) is 9.69 Å². The fraction of sp³-hybridized carbons (Fsp3) is 0.636. The molecule has 1 aliphatic heterocycles. The predicted octanol–water partition coefficient (Wildman–Crippen LogP) is 3.35. The van der Waals surface area contributed by atoms with Gasteiger partial charge in [0.15, 0.2) is 0 Å². The molecular weight excluding hydrogens is 406 g/mol. The van der Waals surface area contributed by atoms with Crippen LogP contribution in [0.5, 0.6) is 5.75 Å². The first kappa shape index (κ1) is 24.3. The first-order valence-corrected chi connectivity index (χ1v) is 10.8. The summed E-state index contributed by atoms with van der Waals surface area (Å²) in [6, 6.07) is 2.99. The maximum atomic E-state index is 12.4. The molecule has 168 valence electrons. The molecule has 1 fully saturated rings. The molecule has 0 atom stereocenters. The van der Waals surface area contributed by atoms with Crippen molar-refractivity contribution in [3.05, 3.63) is 22.7 Å². The van der Waals surface area contributed by atoms with Gasteiger partial charge < -0.3 is 20.5 Å². The zero-order valence-electron chi connectivity index (χ0n) is 18.4. The van der Waals surface area contributed by atoms with Crippen LogP contribution in [-0.4, -0.2) is 56.7 Å². The highest BCUT2D eigenvalue weighted by Crippen LogP contribution is 2.29. The summed E-state index contributed by atoms with van der Waals surface area (Å²) in [5.41, 5.74) is 6.37. The summed E-state index contributed by atoms with van der Waals surface area (Å²) >= 11 is 6.01. The number of likely N-dealkylation sites (tertiary alicyclic amines) is 1. The number of esters is 1. The highest BCUT2D eigenvalue weighted by atomic mass is 35.5. The SMILES string of the molecule is COc1cc(N)c(Cl)cc1C(=O)OCCN1CCC(CNC(=O)CC(C)(C)C)CC1. The van der Waals surface area contributed by atoms with Gasteiger partial charge in [0.05, 0.1) is 17.8 Å². The molecule has 1 aromatic carbocycles. The molecule has 1 amide bonds. The van der Waals surface area contributed by atoms with Crippen molar-refractivity contribution < 1.29 is 19.1 Å². The van der Waals surface area contributed by atoms with Gasteiger partial charge in [-0.25, -0.2) is 4.79 Å². The van der Waals surface area contributed by atoms with E-state index in [9.17, 15) is 9.59 Å². The van der Waals surface area contributed by atoms with Gasteiger partial charge in [-0.05, 0) is 43.3 Å². The maximum absolute atomic E-state index is 12.4. The topological polar surface area (TPSA) is 93.9 Å². The lowest BCUT2D eigenvalue weighted by molar-refractivity contribution is -0.123. The normalized spacial score (nSPS) is 15.6. The lowest BCUT2D eigenvalue weighted by Crippen LogP contribution is -2.40. The fourth-order valence-electron chi connectivity index (χ4n) is 3.46. The molecule has 7 nitrogen and oxygen atoms in total. The van der Waals surface area contributed by atoms with Crippen LogP contribution in [0.25, 0.3) is 0 Å². The number of hydrogen-bond donors (Lipinski definition) is 2. The van der Waals surface area contributed by atoms with Crippen molar-refractivity contribution in [2.75, 3.05) is 45.6 Å². The Balaban J connectivity index is 1.70. The van der Waals surface area contributed by atoms with E-state index in [0.29, 0.717) is 35.3 Å². The Morgan fingerprint density at radius 3 is 2.53 bits per heavy atom. The third kappa shape index (κ3) is 7.69. The number of carbonyl (C=O) groups excluding carboxylic acids is 2. The van der Waals surface area contributed by atoms with Gasteiger partial charge in [0.25, 0.3) is 0 Å². The Kier molecular flexibility index (Phi) is 8.79. The average Bonchev–Trinajstić information content (AvgIpc) is 2.67. The Morgan fingerprint density at radius 1 is 1.27 bits per heavy atom. The molecule has 0 aliphatic carbocycles. The summed E-state index contributed by atoms with van der Waals surface area (Å²) in [6.07, 6.45) is 2.58. The smallest absolute Gasteiger partial charge is 0.342 e. The van der Waals surface area contributed by atoms with Crippen molar-refractivity contribution >= 4 is 29.2 Å². The molecule has 0 unspecified atom stereocenters. The van der Waals surface area contributed by atoms with E-state index in [2.05, 4.69) is 31.0 Å². The summed E-state index contributed by atoms with van der Waals surface area (Å²) in [5.74, 6) is 0.477. The van der Waals surface area contributed by atoms with Crippen molar-refractivity contribution in [2.24, 2.45) is 11.3 Å². The van der Waals surface area contributed by atoms with Crippen LogP contribution < -0.4 is 15.8 Å². The Bertz CT molecular complexity index is 741. The van der Waals surface area contributed by atoms with Crippen LogP contribution in [-0.2, 0) is 9.53 Å². The summed E-state index contributed by atoms with van der Waals surface area (Å²) in [5, 5.41) is 3.35. The number of hydrogen-bond acceptors (Lipinski definition) is 6. The quantitative estimate of drug-likeness (QED) is 0.476. The standard InChI is InChI=1S/C22H34ClN3O4/c1-22(2,3)13-20(27)25-14-15-5-7-26(8-6-15)9-10-30-21(28)16-11-17(23)18(24)12-19(16)29-4/h11-12,15H,5-10,13-14,24H2,1-4H3,(H,25,27). The zero-order chi connectivity index (χ0) is 22.3. The minimum Gasteiger partial charge on any atom is -0.496 e. The van der Waals surface area contributed by atoms with Gasteiger partial charge in [0.2, 0.25) is 5.91 Å². The third-order valence-electron chi connectivity index (χ3n) is 5.17. The highest BCUT2D eigenvalue weighted by molar-refractivity contribution is 6.33. The first-order valence-electron chi connectivity index (χ1n) is 10.4. The number of carbonyl (C=O) groups is 2. The van der Waals surface area contributed by atoms with Crippen molar-refractivity contribution in [1.29, 1.82) is 0 Å². The fourth-order valence-corrected chi connectivity index (χ4v) is 3.62. The Hall–Kier alpha value is -1.99. The molecule has 0 saturated carbocycles. The summed E-state index contributed by atoms with van der Waals surface area (Å²) in [4.78, 5) is 26.6. The van der Waals surface area contributed by atoms with E-state index in [0.717, 1.165) is 32.5 Å². The summed E-state index contributed by atoms with van der Waals surface area (Å²) in [6.45, 7) is 9.73. The number of ether oxygens (including phenoxy) is 2. The Morgan fingerprint density at radius 2 is 1.93 bits per heavy atom. The zero-order valence-corrected chi connectivity index (χ0v) is 19.2. The van der Waals surface area contributed by atoms with Gasteiger partial charge >= 0.3 is 5.97 Å². The van der Waals surface area contributed by atoms with Crippen molar-refractivity contribution in [3.8, 4) is 5.75 Å². The second-order valence-electron chi connectivity index (χ2n) is 9.04. The molecule has 0 aromatic heterocycles. The van der Waals surface area contributed by atoms with Crippen LogP contribution in [0, 0.1) is 11.3 Å². The number of amides is 1. The van der Waals surface area contributed by atoms with E-state index in [1.165, 1.54) is 19.2 Å². The Labute approximate surface area is 184 Å². The number of nitrogens with two attached hydrogens (primary N) is 1. The number of anilines is 1. The second kappa shape index (κ2) is 10.9. The van der Waals surface area contributed by atoms with Crippen LogP contribution >= 0.6 is 11.6 Å². The first-order chi connectivity index (χ1) is 14.1. The molecule has 1 aliphatic rings. The van der Waals surface area contributed by atoms with Gasteiger partial charge in [-0.1, -0.05) is 32.4 Å². The molecule has 30 heavy (non-hydrogen) atoms. The number of nitrogens with zero attached hydrogens (tertiary/aromatic N) is 1. The number of piperidine rings is 1. The molecule has 1 saturated heterocycles. The van der Waals surface area contributed by atoms with E-state index in [-0.39, 0.29) is 23.5 Å². The summed E-state index contributed by atoms with van der Waals surface area (Å²) in [7, 11) is 1.47. The monoisotopic (exact) mass is 439 g/mol. The average molecular weight is 440 g/mol. The molecule has 0 bridgehead atoms. The number of methoxy groups -OCH3 is 1. The molecule has 0 radical (unpaired) electrons. The van der Waals surface area contributed by atoms with E-state index in [4.69, 9.17) is 26.8 Å². The maximum Gasteiger partial charge on any atom is 0.342 e.